The lowest BCUT2D eigenvalue weighted by Gasteiger charge is -2.36. The van der Waals surface area contributed by atoms with Gasteiger partial charge >= 0.3 is 0 Å². The van der Waals surface area contributed by atoms with Crippen molar-refractivity contribution in [2.24, 2.45) is 5.92 Å². The topological polar surface area (TPSA) is 58.4 Å². The third-order valence-corrected chi connectivity index (χ3v) is 6.04. The fraction of sp³-hybridized carbons (Fsp3) is 0.737. The predicted octanol–water partition coefficient (Wildman–Crippen LogP) is 1.07. The third-order valence-electron chi connectivity index (χ3n) is 6.04. The summed E-state index contributed by atoms with van der Waals surface area (Å²) in [6.45, 7) is 4.92. The first-order valence-corrected chi connectivity index (χ1v) is 9.82. The third kappa shape index (κ3) is 3.64. The molecule has 25 heavy (non-hydrogen) atoms. The summed E-state index contributed by atoms with van der Waals surface area (Å²) in [7, 11) is 0. The molecule has 0 aromatic carbocycles. The lowest BCUT2D eigenvalue weighted by molar-refractivity contribution is -0.137. The van der Waals surface area contributed by atoms with Gasteiger partial charge in [0.2, 0.25) is 5.91 Å². The minimum atomic E-state index is 0.0238. The summed E-state index contributed by atoms with van der Waals surface area (Å²) in [6, 6.07) is 1.77. The Labute approximate surface area is 148 Å². The van der Waals surface area contributed by atoms with Crippen LogP contribution >= 0.6 is 0 Å². The van der Waals surface area contributed by atoms with E-state index in [9.17, 15) is 9.59 Å². The molecule has 2 aliphatic carbocycles. The van der Waals surface area contributed by atoms with E-state index in [1.807, 2.05) is 4.90 Å². The second-order valence-electron chi connectivity index (χ2n) is 7.68. The maximum Gasteiger partial charge on any atom is 0.267 e. The van der Waals surface area contributed by atoms with Crippen LogP contribution in [0.1, 0.15) is 43.4 Å². The first kappa shape index (κ1) is 16.8. The molecule has 1 amide bonds. The summed E-state index contributed by atoms with van der Waals surface area (Å²) in [4.78, 5) is 29.1. The van der Waals surface area contributed by atoms with Gasteiger partial charge in [-0.2, -0.15) is 5.10 Å². The van der Waals surface area contributed by atoms with Gasteiger partial charge in [-0.15, -0.1) is 0 Å². The van der Waals surface area contributed by atoms with Crippen LogP contribution in [0.25, 0.3) is 0 Å². The van der Waals surface area contributed by atoms with Crippen LogP contribution in [0.2, 0.25) is 0 Å². The number of amides is 1. The van der Waals surface area contributed by atoms with Crippen LogP contribution in [0.4, 0.5) is 0 Å². The van der Waals surface area contributed by atoms with Gasteiger partial charge in [0, 0.05) is 44.7 Å². The van der Waals surface area contributed by atoms with E-state index in [-0.39, 0.29) is 11.5 Å². The van der Waals surface area contributed by atoms with Crippen molar-refractivity contribution >= 4 is 5.91 Å². The molecular formula is C19H28N4O2. The van der Waals surface area contributed by atoms with Crippen molar-refractivity contribution < 1.29 is 4.79 Å². The largest absolute Gasteiger partial charge is 0.340 e. The first-order valence-electron chi connectivity index (χ1n) is 9.82. The monoisotopic (exact) mass is 344 g/mol. The average Bonchev–Trinajstić information content (AvgIpc) is 3.31. The molecule has 2 fully saturated rings. The van der Waals surface area contributed by atoms with E-state index in [1.54, 1.807) is 10.7 Å². The number of fused-ring (bicyclic) bond motifs is 1. The number of hydrogen-bond donors (Lipinski definition) is 0. The molecule has 0 radical (unpaired) electrons. The van der Waals surface area contributed by atoms with Crippen LogP contribution in [0.15, 0.2) is 10.9 Å². The van der Waals surface area contributed by atoms with Gasteiger partial charge in [-0.3, -0.25) is 14.5 Å². The molecule has 0 unspecified atom stereocenters. The molecule has 0 bridgehead atoms. The average molecular weight is 344 g/mol. The molecule has 4 rings (SSSR count). The van der Waals surface area contributed by atoms with Gasteiger partial charge in [0.05, 0.1) is 12.2 Å². The summed E-state index contributed by atoms with van der Waals surface area (Å²) < 4.78 is 1.63. The standard InChI is InChI=1S/C19H28N4O2/c24-18-14-16-6-3-7-17(16)20-23(18)13-10-21-8-11-22(12-9-21)19(25)15-4-1-2-5-15/h14-15H,1-13H2. The Morgan fingerprint density at radius 3 is 2.56 bits per heavy atom. The Hall–Kier alpha value is -1.69. The summed E-state index contributed by atoms with van der Waals surface area (Å²) in [6.07, 6.45) is 7.67. The molecule has 0 N–H and O–H groups in total. The lowest BCUT2D eigenvalue weighted by Crippen LogP contribution is -2.50. The first-order chi connectivity index (χ1) is 12.2. The van der Waals surface area contributed by atoms with Crippen LogP contribution in [-0.4, -0.2) is 58.2 Å². The number of aryl methyl sites for hydroxylation is 2. The summed E-state index contributed by atoms with van der Waals surface area (Å²) in [5, 5.41) is 4.55. The van der Waals surface area contributed by atoms with Crippen LogP contribution < -0.4 is 5.56 Å². The van der Waals surface area contributed by atoms with Gasteiger partial charge in [0.25, 0.3) is 5.56 Å². The molecule has 136 valence electrons. The van der Waals surface area contributed by atoms with Crippen molar-refractivity contribution in [1.82, 2.24) is 19.6 Å². The number of carbonyl (C=O) groups is 1. The van der Waals surface area contributed by atoms with Crippen LogP contribution in [0.3, 0.4) is 0 Å². The quantitative estimate of drug-likeness (QED) is 0.820. The van der Waals surface area contributed by atoms with Crippen molar-refractivity contribution in [2.45, 2.75) is 51.5 Å². The molecule has 6 heteroatoms. The maximum absolute atomic E-state index is 12.5. The van der Waals surface area contributed by atoms with E-state index >= 15 is 0 Å². The molecule has 3 aliphatic rings. The summed E-state index contributed by atoms with van der Waals surface area (Å²) in [5.41, 5.74) is 2.27. The van der Waals surface area contributed by atoms with Crippen molar-refractivity contribution in [3.05, 3.63) is 27.7 Å². The SMILES string of the molecule is O=C(C1CCCC1)N1CCN(CCn2nc3c(cc2=O)CCC3)CC1. The van der Waals surface area contributed by atoms with Gasteiger partial charge < -0.3 is 4.90 Å². The Morgan fingerprint density at radius 2 is 1.80 bits per heavy atom. The zero-order valence-corrected chi connectivity index (χ0v) is 15.0. The lowest BCUT2D eigenvalue weighted by atomic mass is 10.1. The van der Waals surface area contributed by atoms with Gasteiger partial charge in [-0.1, -0.05) is 12.8 Å². The van der Waals surface area contributed by atoms with E-state index in [4.69, 9.17) is 0 Å². The highest BCUT2D eigenvalue weighted by Gasteiger charge is 2.29. The normalized spacial score (nSPS) is 21.7. The number of piperazine rings is 1. The Kier molecular flexibility index (Phi) is 4.88. The van der Waals surface area contributed by atoms with Gasteiger partial charge in [-0.05, 0) is 37.7 Å². The fourth-order valence-electron chi connectivity index (χ4n) is 4.46. The number of nitrogens with zero attached hydrogens (tertiary/aromatic N) is 4. The van der Waals surface area contributed by atoms with Crippen LogP contribution in [0, 0.1) is 5.92 Å². The molecule has 1 aliphatic heterocycles. The predicted molar refractivity (Wildman–Crippen MR) is 95.5 cm³/mol. The van der Waals surface area contributed by atoms with Crippen molar-refractivity contribution in [3.8, 4) is 0 Å². The number of carbonyl (C=O) groups excluding carboxylic acids is 1. The number of hydrogen-bond acceptors (Lipinski definition) is 4. The fourth-order valence-corrected chi connectivity index (χ4v) is 4.46. The smallest absolute Gasteiger partial charge is 0.267 e. The second-order valence-corrected chi connectivity index (χ2v) is 7.68. The zero-order valence-electron chi connectivity index (χ0n) is 15.0. The van der Waals surface area contributed by atoms with E-state index < -0.39 is 0 Å². The molecule has 0 atom stereocenters. The molecular weight excluding hydrogens is 316 g/mol. The molecule has 1 saturated heterocycles. The molecule has 6 nitrogen and oxygen atoms in total. The molecule has 1 saturated carbocycles. The molecule has 0 spiro atoms. The van der Waals surface area contributed by atoms with Gasteiger partial charge in [-0.25, -0.2) is 4.68 Å². The van der Waals surface area contributed by atoms with Crippen LogP contribution in [-0.2, 0) is 24.2 Å². The summed E-state index contributed by atoms with van der Waals surface area (Å²) >= 11 is 0. The van der Waals surface area contributed by atoms with E-state index in [1.165, 1.54) is 12.8 Å². The molecule has 2 heterocycles. The number of aromatic nitrogens is 2. The highest BCUT2D eigenvalue weighted by molar-refractivity contribution is 5.79. The van der Waals surface area contributed by atoms with Gasteiger partial charge in [0.15, 0.2) is 0 Å². The van der Waals surface area contributed by atoms with E-state index in [2.05, 4.69) is 10.00 Å². The molecule has 1 aromatic rings. The van der Waals surface area contributed by atoms with Crippen molar-refractivity contribution in [3.63, 3.8) is 0 Å². The Bertz CT molecular complexity index is 685. The minimum absolute atomic E-state index is 0.0238. The van der Waals surface area contributed by atoms with Crippen molar-refractivity contribution in [2.75, 3.05) is 32.7 Å². The second kappa shape index (κ2) is 7.28. The van der Waals surface area contributed by atoms with Crippen LogP contribution in [0.5, 0.6) is 0 Å². The van der Waals surface area contributed by atoms with E-state index in [0.29, 0.717) is 12.5 Å². The zero-order chi connectivity index (χ0) is 17.2. The Morgan fingerprint density at radius 1 is 1.04 bits per heavy atom. The summed E-state index contributed by atoms with van der Waals surface area (Å²) in [5.74, 6) is 0.648. The minimum Gasteiger partial charge on any atom is -0.340 e. The van der Waals surface area contributed by atoms with Crippen molar-refractivity contribution in [1.29, 1.82) is 0 Å². The molecule has 1 aromatic heterocycles. The Balaban J connectivity index is 1.28. The highest BCUT2D eigenvalue weighted by atomic mass is 16.2. The van der Waals surface area contributed by atoms with E-state index in [0.717, 1.165) is 76.1 Å². The maximum atomic E-state index is 12.5. The highest BCUT2D eigenvalue weighted by Crippen LogP contribution is 2.26. The van der Waals surface area contributed by atoms with Gasteiger partial charge in [0.1, 0.15) is 0 Å². The number of rotatable bonds is 4.